The zero-order chi connectivity index (χ0) is 20.8. The Kier molecular flexibility index (Phi) is 7.77. The van der Waals surface area contributed by atoms with Crippen molar-refractivity contribution >= 4 is 21.8 Å². The number of likely N-dealkylation sites (N-methyl/N-ethyl adjacent to an activating group) is 1. The molecule has 0 saturated carbocycles. The van der Waals surface area contributed by atoms with Crippen LogP contribution in [0.3, 0.4) is 0 Å². The molecule has 28 heavy (non-hydrogen) atoms. The standard InChI is InChI=1S/C20H23BrF2N2O3/c1-24(2)7-8-25(12-13-5-6-15(22)11-16(13)23)20(26)14-9-17(27-3)19(21)18(10-14)28-4/h5-6,9-11H,7-8,12H2,1-4H3. The summed E-state index contributed by atoms with van der Waals surface area (Å²) in [7, 11) is 6.75. The van der Waals surface area contributed by atoms with E-state index in [4.69, 9.17) is 9.47 Å². The predicted molar refractivity (Wildman–Crippen MR) is 107 cm³/mol. The normalized spacial score (nSPS) is 10.9. The minimum Gasteiger partial charge on any atom is -0.495 e. The van der Waals surface area contributed by atoms with Gasteiger partial charge in [-0.25, -0.2) is 8.78 Å². The summed E-state index contributed by atoms with van der Waals surface area (Å²) < 4.78 is 38.5. The van der Waals surface area contributed by atoms with Gasteiger partial charge < -0.3 is 19.3 Å². The fourth-order valence-corrected chi connectivity index (χ4v) is 3.16. The van der Waals surface area contributed by atoms with Gasteiger partial charge in [-0.2, -0.15) is 0 Å². The van der Waals surface area contributed by atoms with E-state index in [9.17, 15) is 13.6 Å². The highest BCUT2D eigenvalue weighted by Gasteiger charge is 2.21. The Morgan fingerprint density at radius 1 is 1.04 bits per heavy atom. The molecule has 0 N–H and O–H groups in total. The Morgan fingerprint density at radius 3 is 2.14 bits per heavy atom. The van der Waals surface area contributed by atoms with Crippen LogP contribution in [0, 0.1) is 11.6 Å². The van der Waals surface area contributed by atoms with E-state index in [2.05, 4.69) is 15.9 Å². The Hall–Kier alpha value is -2.19. The van der Waals surface area contributed by atoms with Crippen molar-refractivity contribution in [2.24, 2.45) is 0 Å². The van der Waals surface area contributed by atoms with E-state index in [0.29, 0.717) is 34.6 Å². The molecule has 0 fully saturated rings. The number of methoxy groups -OCH3 is 2. The van der Waals surface area contributed by atoms with Gasteiger partial charge in [0.25, 0.3) is 5.91 Å². The van der Waals surface area contributed by atoms with E-state index >= 15 is 0 Å². The van der Waals surface area contributed by atoms with Crippen molar-refractivity contribution in [3.8, 4) is 11.5 Å². The molecule has 0 aliphatic rings. The van der Waals surface area contributed by atoms with Crippen molar-refractivity contribution in [1.82, 2.24) is 9.80 Å². The molecule has 0 aliphatic heterocycles. The fraction of sp³-hybridized carbons (Fsp3) is 0.350. The van der Waals surface area contributed by atoms with Gasteiger partial charge in [-0.1, -0.05) is 6.07 Å². The first-order valence-electron chi connectivity index (χ1n) is 8.56. The molecule has 2 aromatic carbocycles. The Balaban J connectivity index is 2.38. The molecule has 8 heteroatoms. The van der Waals surface area contributed by atoms with Crippen molar-refractivity contribution in [2.75, 3.05) is 41.4 Å². The highest BCUT2D eigenvalue weighted by molar-refractivity contribution is 9.10. The second kappa shape index (κ2) is 9.84. The Bertz CT molecular complexity index is 821. The molecule has 152 valence electrons. The van der Waals surface area contributed by atoms with E-state index in [1.54, 1.807) is 12.1 Å². The van der Waals surface area contributed by atoms with E-state index in [1.165, 1.54) is 31.3 Å². The first-order chi connectivity index (χ1) is 13.3. The monoisotopic (exact) mass is 456 g/mol. The van der Waals surface area contributed by atoms with Gasteiger partial charge in [-0.05, 0) is 48.2 Å². The highest BCUT2D eigenvalue weighted by Crippen LogP contribution is 2.36. The Labute approximate surface area is 172 Å². The zero-order valence-electron chi connectivity index (χ0n) is 16.3. The maximum absolute atomic E-state index is 14.1. The fourth-order valence-electron chi connectivity index (χ4n) is 2.60. The van der Waals surface area contributed by atoms with Crippen LogP contribution in [0.2, 0.25) is 0 Å². The van der Waals surface area contributed by atoms with Crippen molar-refractivity contribution in [1.29, 1.82) is 0 Å². The number of benzene rings is 2. The summed E-state index contributed by atoms with van der Waals surface area (Å²) in [5.74, 6) is -0.760. The lowest BCUT2D eigenvalue weighted by Crippen LogP contribution is -2.36. The number of ether oxygens (including phenoxy) is 2. The van der Waals surface area contributed by atoms with Crippen LogP contribution in [-0.4, -0.2) is 57.1 Å². The van der Waals surface area contributed by atoms with Crippen LogP contribution in [0.25, 0.3) is 0 Å². The lowest BCUT2D eigenvalue weighted by Gasteiger charge is -2.25. The van der Waals surface area contributed by atoms with Crippen LogP contribution in [0.5, 0.6) is 11.5 Å². The summed E-state index contributed by atoms with van der Waals surface area (Å²) in [5.41, 5.74) is 0.586. The third-order valence-corrected chi connectivity index (χ3v) is 4.95. The van der Waals surface area contributed by atoms with Crippen LogP contribution in [-0.2, 0) is 6.54 Å². The second-order valence-corrected chi connectivity index (χ2v) is 7.25. The first-order valence-corrected chi connectivity index (χ1v) is 9.35. The molecule has 0 bridgehead atoms. The van der Waals surface area contributed by atoms with Gasteiger partial charge in [0.05, 0.1) is 14.2 Å². The quantitative estimate of drug-likeness (QED) is 0.602. The summed E-state index contributed by atoms with van der Waals surface area (Å²) in [5, 5.41) is 0. The molecule has 1 amide bonds. The lowest BCUT2D eigenvalue weighted by molar-refractivity contribution is 0.0729. The summed E-state index contributed by atoms with van der Waals surface area (Å²) in [4.78, 5) is 16.6. The molecule has 2 rings (SSSR count). The minimum absolute atomic E-state index is 0.0134. The van der Waals surface area contributed by atoms with Gasteiger partial charge in [0.1, 0.15) is 27.6 Å². The van der Waals surface area contributed by atoms with Crippen LogP contribution in [0.4, 0.5) is 8.78 Å². The van der Waals surface area contributed by atoms with Crippen LogP contribution in [0.15, 0.2) is 34.8 Å². The molecule has 0 spiro atoms. The number of carbonyl (C=O) groups is 1. The molecule has 0 aromatic heterocycles. The third kappa shape index (κ3) is 5.42. The van der Waals surface area contributed by atoms with Gasteiger partial charge in [-0.3, -0.25) is 4.79 Å². The van der Waals surface area contributed by atoms with Crippen LogP contribution < -0.4 is 9.47 Å². The summed E-state index contributed by atoms with van der Waals surface area (Å²) in [6, 6.07) is 6.54. The second-order valence-electron chi connectivity index (χ2n) is 6.46. The number of hydrogen-bond donors (Lipinski definition) is 0. The third-order valence-electron chi connectivity index (χ3n) is 4.17. The first kappa shape index (κ1) is 22.1. The highest BCUT2D eigenvalue weighted by atomic mass is 79.9. The van der Waals surface area contributed by atoms with Gasteiger partial charge in [0, 0.05) is 36.8 Å². The average Bonchev–Trinajstić information content (AvgIpc) is 2.66. The molecule has 0 radical (unpaired) electrons. The largest absolute Gasteiger partial charge is 0.495 e. The number of amides is 1. The van der Waals surface area contributed by atoms with Crippen molar-refractivity contribution < 1.29 is 23.0 Å². The number of halogens is 3. The van der Waals surface area contributed by atoms with Crippen molar-refractivity contribution in [2.45, 2.75) is 6.54 Å². The van der Waals surface area contributed by atoms with E-state index in [-0.39, 0.29) is 18.0 Å². The van der Waals surface area contributed by atoms with E-state index in [1.807, 2.05) is 19.0 Å². The zero-order valence-corrected chi connectivity index (χ0v) is 17.8. The maximum Gasteiger partial charge on any atom is 0.254 e. The van der Waals surface area contributed by atoms with Gasteiger partial charge in [0.2, 0.25) is 0 Å². The average molecular weight is 457 g/mol. The topological polar surface area (TPSA) is 42.0 Å². The molecular formula is C20H23BrF2N2O3. The van der Waals surface area contributed by atoms with E-state index < -0.39 is 11.6 Å². The molecular weight excluding hydrogens is 434 g/mol. The molecule has 5 nitrogen and oxygen atoms in total. The molecule has 0 saturated heterocycles. The van der Waals surface area contributed by atoms with Gasteiger partial charge >= 0.3 is 0 Å². The number of rotatable bonds is 8. The number of nitrogens with zero attached hydrogens (tertiary/aromatic N) is 2. The summed E-state index contributed by atoms with van der Waals surface area (Å²) >= 11 is 3.38. The molecule has 0 heterocycles. The Morgan fingerprint density at radius 2 is 1.64 bits per heavy atom. The summed E-state index contributed by atoms with van der Waals surface area (Å²) in [6.45, 7) is 0.960. The minimum atomic E-state index is -0.686. The van der Waals surface area contributed by atoms with Gasteiger partial charge in [-0.15, -0.1) is 0 Å². The van der Waals surface area contributed by atoms with Crippen molar-refractivity contribution in [3.63, 3.8) is 0 Å². The van der Waals surface area contributed by atoms with E-state index in [0.717, 1.165) is 6.07 Å². The molecule has 0 unspecified atom stereocenters. The van der Waals surface area contributed by atoms with Crippen LogP contribution >= 0.6 is 15.9 Å². The number of carbonyl (C=O) groups excluding carboxylic acids is 1. The summed E-state index contributed by atoms with van der Waals surface area (Å²) in [6.07, 6.45) is 0. The molecule has 0 aliphatic carbocycles. The van der Waals surface area contributed by atoms with Crippen molar-refractivity contribution in [3.05, 3.63) is 57.6 Å². The molecule has 0 atom stereocenters. The number of hydrogen-bond acceptors (Lipinski definition) is 4. The lowest BCUT2D eigenvalue weighted by atomic mass is 10.1. The van der Waals surface area contributed by atoms with Crippen LogP contribution in [0.1, 0.15) is 15.9 Å². The van der Waals surface area contributed by atoms with Gasteiger partial charge in [0.15, 0.2) is 0 Å². The smallest absolute Gasteiger partial charge is 0.254 e. The predicted octanol–water partition coefficient (Wildman–Crippen LogP) is 3.95. The SMILES string of the molecule is COc1cc(C(=O)N(CCN(C)C)Cc2ccc(F)cc2F)cc(OC)c1Br. The maximum atomic E-state index is 14.1. The molecule has 2 aromatic rings.